The van der Waals surface area contributed by atoms with Gasteiger partial charge in [-0.05, 0) is 62.2 Å². The van der Waals surface area contributed by atoms with Gasteiger partial charge >= 0.3 is 6.18 Å². The van der Waals surface area contributed by atoms with E-state index >= 15 is 0 Å². The SMILES string of the molecule is CCN1C(=O)C(CC(=O)Nc2cc(C)cc(C)c2)SC1=Nc1cccc(C(F)(F)F)c1. The molecule has 0 saturated carbocycles. The predicted molar refractivity (Wildman–Crippen MR) is 116 cm³/mol. The van der Waals surface area contributed by atoms with Crippen LogP contribution in [-0.4, -0.2) is 33.7 Å². The van der Waals surface area contributed by atoms with Gasteiger partial charge in [0.2, 0.25) is 11.8 Å². The highest BCUT2D eigenvalue weighted by Crippen LogP contribution is 2.34. The van der Waals surface area contributed by atoms with Crippen LogP contribution in [0.1, 0.15) is 30.0 Å². The number of rotatable bonds is 5. The Morgan fingerprint density at radius 3 is 2.45 bits per heavy atom. The summed E-state index contributed by atoms with van der Waals surface area (Å²) < 4.78 is 38.9. The van der Waals surface area contributed by atoms with Crippen molar-refractivity contribution < 1.29 is 22.8 Å². The van der Waals surface area contributed by atoms with E-state index in [1.54, 1.807) is 6.92 Å². The molecule has 0 bridgehead atoms. The van der Waals surface area contributed by atoms with Crippen molar-refractivity contribution >= 4 is 40.1 Å². The van der Waals surface area contributed by atoms with Crippen LogP contribution in [0.3, 0.4) is 0 Å². The number of anilines is 1. The fourth-order valence-corrected chi connectivity index (χ4v) is 4.53. The Hall–Kier alpha value is -2.81. The molecule has 5 nitrogen and oxygen atoms in total. The number of hydrogen-bond donors (Lipinski definition) is 1. The molecule has 1 fully saturated rings. The Morgan fingerprint density at radius 1 is 1.16 bits per heavy atom. The molecule has 1 atom stereocenters. The molecule has 1 unspecified atom stereocenters. The van der Waals surface area contributed by atoms with Gasteiger partial charge in [-0.2, -0.15) is 13.2 Å². The summed E-state index contributed by atoms with van der Waals surface area (Å²) in [5.74, 6) is -0.596. The summed E-state index contributed by atoms with van der Waals surface area (Å²) in [6.45, 7) is 5.90. The van der Waals surface area contributed by atoms with E-state index in [2.05, 4.69) is 10.3 Å². The van der Waals surface area contributed by atoms with Crippen LogP contribution in [0.4, 0.5) is 24.5 Å². The molecule has 164 valence electrons. The molecule has 9 heteroatoms. The first-order valence-corrected chi connectivity index (χ1v) is 10.6. The van der Waals surface area contributed by atoms with Gasteiger partial charge in [-0.1, -0.05) is 23.9 Å². The summed E-state index contributed by atoms with van der Waals surface area (Å²) in [7, 11) is 0. The number of carbonyl (C=O) groups is 2. The number of amides is 2. The van der Waals surface area contributed by atoms with Crippen LogP contribution in [0.2, 0.25) is 0 Å². The number of carbonyl (C=O) groups excluding carboxylic acids is 2. The average Bonchev–Trinajstić information content (AvgIpc) is 2.94. The van der Waals surface area contributed by atoms with Crippen molar-refractivity contribution in [1.82, 2.24) is 4.90 Å². The second kappa shape index (κ2) is 9.13. The molecular formula is C22H22F3N3O2S. The molecule has 1 aliphatic rings. The van der Waals surface area contributed by atoms with E-state index in [-0.39, 0.29) is 29.1 Å². The normalized spacial score (nSPS) is 18.0. The lowest BCUT2D eigenvalue weighted by molar-refractivity contribution is -0.137. The maximum atomic E-state index is 13.0. The topological polar surface area (TPSA) is 61.8 Å². The van der Waals surface area contributed by atoms with E-state index in [0.717, 1.165) is 35.0 Å². The molecule has 3 rings (SSSR count). The first-order valence-electron chi connectivity index (χ1n) is 9.69. The molecule has 0 radical (unpaired) electrons. The van der Waals surface area contributed by atoms with Crippen molar-refractivity contribution in [3.05, 3.63) is 59.2 Å². The molecule has 2 aromatic rings. The molecule has 0 aromatic heterocycles. The number of hydrogen-bond acceptors (Lipinski definition) is 4. The molecule has 2 amide bonds. The highest BCUT2D eigenvalue weighted by molar-refractivity contribution is 8.15. The number of thioether (sulfide) groups is 1. The number of aliphatic imine (C=N–C) groups is 1. The van der Waals surface area contributed by atoms with E-state index in [4.69, 9.17) is 0 Å². The van der Waals surface area contributed by atoms with Crippen LogP contribution in [0, 0.1) is 13.8 Å². The number of aryl methyl sites for hydroxylation is 2. The summed E-state index contributed by atoms with van der Waals surface area (Å²) in [5, 5.41) is 2.41. The molecule has 0 spiro atoms. The fraction of sp³-hybridized carbons (Fsp3) is 0.318. The van der Waals surface area contributed by atoms with E-state index in [1.165, 1.54) is 17.0 Å². The number of nitrogens with one attached hydrogen (secondary N) is 1. The first kappa shape index (κ1) is 22.9. The van der Waals surface area contributed by atoms with Crippen molar-refractivity contribution in [3.63, 3.8) is 0 Å². The van der Waals surface area contributed by atoms with Gasteiger partial charge in [0.1, 0.15) is 5.25 Å². The van der Waals surface area contributed by atoms with Gasteiger partial charge in [0.15, 0.2) is 5.17 Å². The summed E-state index contributed by atoms with van der Waals surface area (Å²) in [6, 6.07) is 10.3. The zero-order valence-corrected chi connectivity index (χ0v) is 18.1. The van der Waals surface area contributed by atoms with Crippen molar-refractivity contribution in [2.24, 2.45) is 4.99 Å². The molecule has 0 aliphatic carbocycles. The second-order valence-electron chi connectivity index (χ2n) is 7.26. The molecule has 1 heterocycles. The van der Waals surface area contributed by atoms with E-state index < -0.39 is 17.0 Å². The summed E-state index contributed by atoms with van der Waals surface area (Å²) >= 11 is 1.09. The van der Waals surface area contributed by atoms with Gasteiger partial charge in [0, 0.05) is 18.7 Å². The van der Waals surface area contributed by atoms with Gasteiger partial charge in [-0.3, -0.25) is 14.5 Å². The molecule has 1 aliphatic heterocycles. The zero-order valence-electron chi connectivity index (χ0n) is 17.3. The average molecular weight is 449 g/mol. The van der Waals surface area contributed by atoms with Gasteiger partial charge in [0.25, 0.3) is 0 Å². The van der Waals surface area contributed by atoms with Crippen LogP contribution in [0.25, 0.3) is 0 Å². The Kier molecular flexibility index (Phi) is 6.74. The first-order chi connectivity index (χ1) is 14.6. The lowest BCUT2D eigenvalue weighted by Gasteiger charge is -2.14. The fourth-order valence-electron chi connectivity index (χ4n) is 3.31. The number of benzene rings is 2. The number of nitrogens with zero attached hydrogens (tertiary/aromatic N) is 2. The minimum Gasteiger partial charge on any atom is -0.326 e. The maximum Gasteiger partial charge on any atom is 0.416 e. The van der Waals surface area contributed by atoms with E-state index in [9.17, 15) is 22.8 Å². The minimum atomic E-state index is -4.48. The Balaban J connectivity index is 1.75. The van der Waals surface area contributed by atoms with Crippen molar-refractivity contribution in [2.45, 2.75) is 38.6 Å². The standard InChI is InChI=1S/C22H22F3N3O2S/c1-4-28-20(30)18(12-19(29)26-17-9-13(2)8-14(3)10-17)31-21(28)27-16-7-5-6-15(11-16)22(23,24)25/h5-11,18H,4,12H2,1-3H3,(H,26,29). The monoisotopic (exact) mass is 449 g/mol. The smallest absolute Gasteiger partial charge is 0.326 e. The highest BCUT2D eigenvalue weighted by Gasteiger charge is 2.38. The Labute approximate surface area is 182 Å². The largest absolute Gasteiger partial charge is 0.416 e. The van der Waals surface area contributed by atoms with Gasteiger partial charge in [0.05, 0.1) is 11.3 Å². The van der Waals surface area contributed by atoms with Crippen LogP contribution >= 0.6 is 11.8 Å². The van der Waals surface area contributed by atoms with Crippen molar-refractivity contribution in [3.8, 4) is 0 Å². The number of halogens is 3. The van der Waals surface area contributed by atoms with Crippen molar-refractivity contribution in [1.29, 1.82) is 0 Å². The van der Waals surface area contributed by atoms with E-state index in [1.807, 2.05) is 32.0 Å². The van der Waals surface area contributed by atoms with E-state index in [0.29, 0.717) is 12.2 Å². The lowest BCUT2D eigenvalue weighted by atomic mass is 10.1. The molecular weight excluding hydrogens is 427 g/mol. The van der Waals surface area contributed by atoms with Crippen LogP contribution < -0.4 is 5.32 Å². The van der Waals surface area contributed by atoms with Gasteiger partial charge in [-0.25, -0.2) is 4.99 Å². The second-order valence-corrected chi connectivity index (χ2v) is 8.43. The minimum absolute atomic E-state index is 0.0609. The molecule has 1 N–H and O–H groups in total. The maximum absolute atomic E-state index is 13.0. The van der Waals surface area contributed by atoms with Crippen molar-refractivity contribution in [2.75, 3.05) is 11.9 Å². The van der Waals surface area contributed by atoms with Gasteiger partial charge < -0.3 is 5.32 Å². The quantitative estimate of drug-likeness (QED) is 0.674. The zero-order chi connectivity index (χ0) is 22.8. The number of alkyl halides is 3. The lowest BCUT2D eigenvalue weighted by Crippen LogP contribution is -2.33. The summed E-state index contributed by atoms with van der Waals surface area (Å²) in [5.41, 5.74) is 1.96. The Bertz CT molecular complexity index is 1020. The summed E-state index contributed by atoms with van der Waals surface area (Å²) in [6.07, 6.45) is -4.54. The third-order valence-corrected chi connectivity index (χ3v) is 5.79. The van der Waals surface area contributed by atoms with Crippen LogP contribution in [0.5, 0.6) is 0 Å². The predicted octanol–water partition coefficient (Wildman–Crippen LogP) is 5.30. The van der Waals surface area contributed by atoms with Gasteiger partial charge in [-0.15, -0.1) is 0 Å². The third kappa shape index (κ3) is 5.66. The molecule has 1 saturated heterocycles. The Morgan fingerprint density at radius 2 is 1.84 bits per heavy atom. The van der Waals surface area contributed by atoms with Crippen LogP contribution in [-0.2, 0) is 15.8 Å². The van der Waals surface area contributed by atoms with Crippen LogP contribution in [0.15, 0.2) is 47.5 Å². The summed E-state index contributed by atoms with van der Waals surface area (Å²) in [4.78, 5) is 30.9. The number of amidine groups is 1. The third-order valence-electron chi connectivity index (χ3n) is 4.61. The highest BCUT2D eigenvalue weighted by atomic mass is 32.2. The molecule has 31 heavy (non-hydrogen) atoms. The molecule has 2 aromatic carbocycles.